The van der Waals surface area contributed by atoms with E-state index >= 15 is 0 Å². The maximum Gasteiger partial charge on any atom is 0.293 e. The first kappa shape index (κ1) is 18.1. The second kappa shape index (κ2) is 7.70. The lowest BCUT2D eigenvalue weighted by molar-refractivity contribution is -0.384. The van der Waals surface area contributed by atoms with Crippen LogP contribution in [0, 0.1) is 10.1 Å². The molecule has 1 saturated heterocycles. The molecule has 1 aromatic carbocycles. The van der Waals surface area contributed by atoms with Crippen LogP contribution in [0.5, 0.6) is 0 Å². The molecule has 1 aliphatic carbocycles. The average Bonchev–Trinajstić information content (AvgIpc) is 2.63. The van der Waals surface area contributed by atoms with Crippen molar-refractivity contribution in [3.8, 4) is 0 Å². The van der Waals surface area contributed by atoms with Gasteiger partial charge in [0, 0.05) is 25.2 Å². The summed E-state index contributed by atoms with van der Waals surface area (Å²) in [6, 6.07) is 4.46. The van der Waals surface area contributed by atoms with Crippen LogP contribution in [0.15, 0.2) is 23.1 Å². The topological polar surface area (TPSA) is 92.5 Å². The highest BCUT2D eigenvalue weighted by Crippen LogP contribution is 2.32. The van der Waals surface area contributed by atoms with Crippen molar-refractivity contribution in [2.45, 2.75) is 62.3 Å². The Hall–Kier alpha value is -1.67. The third kappa shape index (κ3) is 4.12. The van der Waals surface area contributed by atoms with E-state index in [1.54, 1.807) is 6.07 Å². The fourth-order valence-corrected chi connectivity index (χ4v) is 5.20. The summed E-state index contributed by atoms with van der Waals surface area (Å²) < 4.78 is 26.9. The first-order valence-electron chi connectivity index (χ1n) is 9.03. The van der Waals surface area contributed by atoms with Gasteiger partial charge in [-0.3, -0.25) is 10.1 Å². The van der Waals surface area contributed by atoms with Crippen LogP contribution < -0.4 is 5.32 Å². The number of hydrogen-bond donors (Lipinski definition) is 1. The molecule has 0 atom stereocenters. The number of piperidine rings is 1. The van der Waals surface area contributed by atoms with Crippen molar-refractivity contribution in [1.29, 1.82) is 0 Å². The molecule has 1 aliphatic heterocycles. The van der Waals surface area contributed by atoms with E-state index in [9.17, 15) is 18.5 Å². The largest absolute Gasteiger partial charge is 0.377 e. The normalized spacial score (nSPS) is 20.3. The molecule has 3 rings (SSSR count). The van der Waals surface area contributed by atoms with Crippen LogP contribution in [0.25, 0.3) is 0 Å². The lowest BCUT2D eigenvalue weighted by Crippen LogP contribution is -2.35. The van der Waals surface area contributed by atoms with Crippen LogP contribution in [0.3, 0.4) is 0 Å². The first-order valence-corrected chi connectivity index (χ1v) is 10.5. The lowest BCUT2D eigenvalue weighted by Gasteiger charge is -2.26. The summed E-state index contributed by atoms with van der Waals surface area (Å²) in [5.41, 5.74) is 0.248. The summed E-state index contributed by atoms with van der Waals surface area (Å²) in [6.07, 6.45) is 8.12. The van der Waals surface area contributed by atoms with Gasteiger partial charge in [-0.15, -0.1) is 0 Å². The van der Waals surface area contributed by atoms with Gasteiger partial charge in [0.2, 0.25) is 10.0 Å². The van der Waals surface area contributed by atoms with Gasteiger partial charge in [-0.25, -0.2) is 8.42 Å². The summed E-state index contributed by atoms with van der Waals surface area (Å²) in [6.45, 7) is 0.969. The molecule has 0 amide bonds. The average molecular weight is 367 g/mol. The van der Waals surface area contributed by atoms with E-state index in [0.29, 0.717) is 18.8 Å². The molecule has 7 nitrogen and oxygen atoms in total. The zero-order valence-corrected chi connectivity index (χ0v) is 15.1. The minimum absolute atomic E-state index is 0.00953. The summed E-state index contributed by atoms with van der Waals surface area (Å²) in [7, 11) is -3.67. The summed E-state index contributed by atoms with van der Waals surface area (Å²) >= 11 is 0. The van der Waals surface area contributed by atoms with Gasteiger partial charge in [0.15, 0.2) is 0 Å². The molecular weight excluding hydrogens is 342 g/mol. The minimum atomic E-state index is -3.67. The fraction of sp³-hybridized carbons (Fsp3) is 0.647. The van der Waals surface area contributed by atoms with Crippen LogP contribution in [0.1, 0.15) is 51.4 Å². The molecule has 0 aromatic heterocycles. The third-order valence-electron chi connectivity index (χ3n) is 5.08. The Morgan fingerprint density at radius 1 is 1.04 bits per heavy atom. The van der Waals surface area contributed by atoms with Crippen LogP contribution in [-0.4, -0.2) is 36.8 Å². The predicted octanol–water partition coefficient (Wildman–Crippen LogP) is 3.51. The Labute approximate surface area is 148 Å². The second-order valence-electron chi connectivity index (χ2n) is 6.88. The van der Waals surface area contributed by atoms with Crippen LogP contribution >= 0.6 is 0 Å². The molecule has 0 bridgehead atoms. The molecule has 2 fully saturated rings. The van der Waals surface area contributed by atoms with Crippen LogP contribution in [-0.2, 0) is 10.0 Å². The highest BCUT2D eigenvalue weighted by Gasteiger charge is 2.29. The van der Waals surface area contributed by atoms with Crippen molar-refractivity contribution in [1.82, 2.24) is 4.31 Å². The molecule has 1 N–H and O–H groups in total. The number of hydrogen-bond acceptors (Lipinski definition) is 5. The van der Waals surface area contributed by atoms with E-state index in [0.717, 1.165) is 44.9 Å². The lowest BCUT2D eigenvalue weighted by atomic mass is 9.95. The zero-order chi connectivity index (χ0) is 17.9. The molecule has 1 heterocycles. The quantitative estimate of drug-likeness (QED) is 0.635. The number of anilines is 1. The number of sulfonamides is 1. The number of nitrogens with one attached hydrogen (secondary N) is 1. The van der Waals surface area contributed by atoms with Crippen molar-refractivity contribution >= 4 is 21.4 Å². The molecule has 1 saturated carbocycles. The number of nitro benzene ring substituents is 1. The molecule has 25 heavy (non-hydrogen) atoms. The maximum atomic E-state index is 12.7. The number of rotatable bonds is 5. The van der Waals surface area contributed by atoms with Gasteiger partial charge in [-0.05, 0) is 37.8 Å². The van der Waals surface area contributed by atoms with Crippen molar-refractivity contribution in [2.24, 2.45) is 0 Å². The van der Waals surface area contributed by atoms with Crippen LogP contribution in [0.4, 0.5) is 11.4 Å². The molecule has 0 unspecified atom stereocenters. The number of nitro groups is 1. The third-order valence-corrected chi connectivity index (χ3v) is 6.98. The van der Waals surface area contributed by atoms with Gasteiger partial charge in [0.25, 0.3) is 5.69 Å². The van der Waals surface area contributed by atoms with E-state index in [2.05, 4.69) is 5.32 Å². The van der Waals surface area contributed by atoms with Crippen molar-refractivity contribution in [2.75, 3.05) is 18.4 Å². The summed E-state index contributed by atoms with van der Waals surface area (Å²) in [5, 5.41) is 14.7. The van der Waals surface area contributed by atoms with Crippen molar-refractivity contribution in [3.05, 3.63) is 28.3 Å². The Balaban J connectivity index is 1.86. The van der Waals surface area contributed by atoms with Gasteiger partial charge >= 0.3 is 0 Å². The molecule has 0 radical (unpaired) electrons. The second-order valence-corrected chi connectivity index (χ2v) is 8.82. The monoisotopic (exact) mass is 367 g/mol. The molecule has 8 heteroatoms. The van der Waals surface area contributed by atoms with E-state index in [4.69, 9.17) is 0 Å². The maximum absolute atomic E-state index is 12.7. The van der Waals surface area contributed by atoms with Gasteiger partial charge < -0.3 is 5.32 Å². The van der Waals surface area contributed by atoms with Gasteiger partial charge in [0.1, 0.15) is 5.69 Å². The Morgan fingerprint density at radius 3 is 2.32 bits per heavy atom. The SMILES string of the molecule is O=[N+]([O-])c1cc(S(=O)(=O)N2CCCCC2)ccc1NC1CCCCC1. The van der Waals surface area contributed by atoms with Gasteiger partial charge in [0.05, 0.1) is 9.82 Å². The zero-order valence-electron chi connectivity index (χ0n) is 14.3. The predicted molar refractivity (Wildman–Crippen MR) is 96.2 cm³/mol. The van der Waals surface area contributed by atoms with E-state index in [1.807, 2.05) is 0 Å². The van der Waals surface area contributed by atoms with E-state index < -0.39 is 14.9 Å². The number of benzene rings is 1. The Morgan fingerprint density at radius 2 is 1.68 bits per heavy atom. The van der Waals surface area contributed by atoms with Crippen molar-refractivity contribution < 1.29 is 13.3 Å². The van der Waals surface area contributed by atoms with E-state index in [1.165, 1.54) is 22.9 Å². The molecule has 1 aromatic rings. The minimum Gasteiger partial charge on any atom is -0.377 e. The first-order chi connectivity index (χ1) is 12.0. The summed E-state index contributed by atoms with van der Waals surface area (Å²) in [4.78, 5) is 11.0. The molecular formula is C17H25N3O4S. The highest BCUT2D eigenvalue weighted by atomic mass is 32.2. The summed E-state index contributed by atoms with van der Waals surface area (Å²) in [5.74, 6) is 0. The van der Waals surface area contributed by atoms with Gasteiger partial charge in [-0.1, -0.05) is 25.7 Å². The Bertz CT molecular complexity index is 723. The number of nitrogens with zero attached hydrogens (tertiary/aromatic N) is 2. The van der Waals surface area contributed by atoms with Crippen LogP contribution in [0.2, 0.25) is 0 Å². The molecule has 138 valence electrons. The Kier molecular flexibility index (Phi) is 5.58. The molecule has 2 aliphatic rings. The van der Waals surface area contributed by atoms with Crippen molar-refractivity contribution in [3.63, 3.8) is 0 Å². The smallest absolute Gasteiger partial charge is 0.293 e. The standard InChI is InChI=1S/C17H25N3O4S/c21-20(22)17-13-15(25(23,24)19-11-5-2-6-12-19)9-10-16(17)18-14-7-3-1-4-8-14/h9-10,13-14,18H,1-8,11-12H2. The molecule has 0 spiro atoms. The van der Waals surface area contributed by atoms with E-state index in [-0.39, 0.29) is 16.6 Å². The highest BCUT2D eigenvalue weighted by molar-refractivity contribution is 7.89. The fourth-order valence-electron chi connectivity index (χ4n) is 3.67. The van der Waals surface area contributed by atoms with Gasteiger partial charge in [-0.2, -0.15) is 4.31 Å².